The number of esters is 2. The molecular formula is C19H22N2O4. The number of aryl methyl sites for hydroxylation is 1. The van der Waals surface area contributed by atoms with Crippen LogP contribution >= 0.6 is 0 Å². The van der Waals surface area contributed by atoms with Crippen LogP contribution in [0.4, 0.5) is 0 Å². The van der Waals surface area contributed by atoms with Crippen LogP contribution in [0.5, 0.6) is 0 Å². The fourth-order valence-corrected chi connectivity index (χ4v) is 2.60. The Labute approximate surface area is 147 Å². The molecule has 0 spiro atoms. The van der Waals surface area contributed by atoms with Crippen LogP contribution in [0.25, 0.3) is 11.3 Å². The van der Waals surface area contributed by atoms with Gasteiger partial charge in [0.15, 0.2) is 0 Å². The van der Waals surface area contributed by atoms with Gasteiger partial charge < -0.3 is 9.47 Å². The molecule has 0 N–H and O–H groups in total. The lowest BCUT2D eigenvalue weighted by Gasteiger charge is -2.09. The Balaban J connectivity index is 2.56. The fraction of sp³-hybridized carbons (Fsp3) is 0.316. The molecule has 0 atom stereocenters. The number of nitrogens with zero attached hydrogens (tertiary/aromatic N) is 2. The minimum absolute atomic E-state index is 0.150. The highest BCUT2D eigenvalue weighted by Gasteiger charge is 2.24. The Morgan fingerprint density at radius 1 is 1.08 bits per heavy atom. The van der Waals surface area contributed by atoms with Crippen molar-refractivity contribution in [3.8, 4) is 5.69 Å². The van der Waals surface area contributed by atoms with Gasteiger partial charge in [-0.05, 0) is 39.8 Å². The standard InChI is InChI=1S/C19H22N2O4/c1-5-24-17(22)12-16(19(23)25-6-2)18-13(3)20-21(14(18)4)15-10-8-7-9-11-15/h7-12H,5-6H2,1-4H3/b16-12+. The van der Waals surface area contributed by atoms with Crippen LogP contribution in [0.1, 0.15) is 30.8 Å². The van der Waals surface area contributed by atoms with E-state index in [1.165, 1.54) is 6.08 Å². The maximum atomic E-state index is 12.4. The quantitative estimate of drug-likeness (QED) is 0.596. The molecule has 1 heterocycles. The molecule has 0 aliphatic carbocycles. The van der Waals surface area contributed by atoms with Crippen LogP contribution in [0, 0.1) is 13.8 Å². The van der Waals surface area contributed by atoms with Gasteiger partial charge in [0.1, 0.15) is 0 Å². The molecule has 0 aliphatic rings. The normalized spacial score (nSPS) is 11.3. The smallest absolute Gasteiger partial charge is 0.339 e. The van der Waals surface area contributed by atoms with Crippen molar-refractivity contribution in [1.29, 1.82) is 0 Å². The second-order valence-electron chi connectivity index (χ2n) is 5.32. The van der Waals surface area contributed by atoms with Crippen molar-refractivity contribution >= 4 is 17.5 Å². The van der Waals surface area contributed by atoms with Crippen LogP contribution in [0.15, 0.2) is 36.4 Å². The highest BCUT2D eigenvalue weighted by atomic mass is 16.5. The van der Waals surface area contributed by atoms with Gasteiger partial charge in [-0.2, -0.15) is 5.10 Å². The zero-order valence-corrected chi connectivity index (χ0v) is 14.9. The number of para-hydroxylation sites is 1. The number of hydrogen-bond acceptors (Lipinski definition) is 5. The van der Waals surface area contributed by atoms with E-state index in [0.29, 0.717) is 11.3 Å². The summed E-state index contributed by atoms with van der Waals surface area (Å²) in [5.74, 6) is -1.16. The lowest BCUT2D eigenvalue weighted by Crippen LogP contribution is -2.11. The molecule has 0 fully saturated rings. The highest BCUT2D eigenvalue weighted by molar-refractivity contribution is 6.21. The molecule has 0 bridgehead atoms. The molecular weight excluding hydrogens is 320 g/mol. The first-order valence-corrected chi connectivity index (χ1v) is 8.17. The summed E-state index contributed by atoms with van der Waals surface area (Å²) in [4.78, 5) is 24.3. The molecule has 0 unspecified atom stereocenters. The first-order valence-electron chi connectivity index (χ1n) is 8.17. The minimum Gasteiger partial charge on any atom is -0.463 e. The molecule has 0 radical (unpaired) electrons. The Morgan fingerprint density at radius 2 is 1.72 bits per heavy atom. The van der Waals surface area contributed by atoms with Crippen molar-refractivity contribution in [2.45, 2.75) is 27.7 Å². The third kappa shape index (κ3) is 4.15. The zero-order chi connectivity index (χ0) is 18.4. The van der Waals surface area contributed by atoms with Crippen molar-refractivity contribution in [3.05, 3.63) is 53.4 Å². The number of hydrogen-bond donors (Lipinski definition) is 0. The Kier molecular flexibility index (Phi) is 6.11. The van der Waals surface area contributed by atoms with Crippen LogP contribution in [-0.4, -0.2) is 34.9 Å². The van der Waals surface area contributed by atoms with Gasteiger partial charge in [-0.3, -0.25) is 0 Å². The first kappa shape index (κ1) is 18.4. The van der Waals surface area contributed by atoms with Gasteiger partial charge in [0.2, 0.25) is 0 Å². The van der Waals surface area contributed by atoms with Gasteiger partial charge in [0.25, 0.3) is 0 Å². The molecule has 1 aromatic carbocycles. The van der Waals surface area contributed by atoms with Crippen molar-refractivity contribution in [2.24, 2.45) is 0 Å². The molecule has 0 aliphatic heterocycles. The molecule has 2 rings (SSSR count). The average molecular weight is 342 g/mol. The van der Waals surface area contributed by atoms with Crippen molar-refractivity contribution in [1.82, 2.24) is 9.78 Å². The van der Waals surface area contributed by atoms with Gasteiger partial charge in [0, 0.05) is 17.3 Å². The van der Waals surface area contributed by atoms with E-state index in [1.807, 2.05) is 37.3 Å². The molecule has 2 aromatic rings. The molecule has 1 aromatic heterocycles. The SMILES string of the molecule is CCOC(=O)/C=C(/C(=O)OCC)c1c(C)nn(-c2ccccc2)c1C. The maximum absolute atomic E-state index is 12.4. The van der Waals surface area contributed by atoms with Crippen LogP contribution < -0.4 is 0 Å². The summed E-state index contributed by atoms with van der Waals surface area (Å²) >= 11 is 0. The van der Waals surface area contributed by atoms with E-state index in [4.69, 9.17) is 9.47 Å². The largest absolute Gasteiger partial charge is 0.463 e. The average Bonchev–Trinajstić information content (AvgIpc) is 2.88. The second kappa shape index (κ2) is 8.28. The van der Waals surface area contributed by atoms with E-state index in [0.717, 1.165) is 11.4 Å². The van der Waals surface area contributed by atoms with Crippen molar-refractivity contribution in [3.63, 3.8) is 0 Å². The summed E-state index contributed by atoms with van der Waals surface area (Å²) in [5.41, 5.74) is 2.97. The molecule has 6 heteroatoms. The number of rotatable bonds is 6. The molecule has 0 amide bonds. The van der Waals surface area contributed by atoms with E-state index in [9.17, 15) is 9.59 Å². The van der Waals surface area contributed by atoms with Crippen LogP contribution in [0.3, 0.4) is 0 Å². The monoisotopic (exact) mass is 342 g/mol. The van der Waals surface area contributed by atoms with Gasteiger partial charge in [0.05, 0.1) is 30.2 Å². The summed E-state index contributed by atoms with van der Waals surface area (Å²) in [6.07, 6.45) is 1.17. The summed E-state index contributed by atoms with van der Waals surface area (Å²) in [6.45, 7) is 7.50. The Morgan fingerprint density at radius 3 is 2.32 bits per heavy atom. The second-order valence-corrected chi connectivity index (χ2v) is 5.32. The predicted molar refractivity (Wildman–Crippen MR) is 94.3 cm³/mol. The Bertz CT molecular complexity index is 791. The van der Waals surface area contributed by atoms with E-state index in [2.05, 4.69) is 5.10 Å². The predicted octanol–water partition coefficient (Wildman–Crippen LogP) is 3.00. The van der Waals surface area contributed by atoms with E-state index < -0.39 is 11.9 Å². The first-order chi connectivity index (χ1) is 12.0. The third-order valence-corrected chi connectivity index (χ3v) is 3.61. The number of ether oxygens (including phenoxy) is 2. The molecule has 0 saturated carbocycles. The summed E-state index contributed by atoms with van der Waals surface area (Å²) < 4.78 is 11.8. The van der Waals surface area contributed by atoms with Gasteiger partial charge in [-0.1, -0.05) is 18.2 Å². The minimum atomic E-state index is -0.586. The van der Waals surface area contributed by atoms with Crippen LogP contribution in [0.2, 0.25) is 0 Å². The number of benzene rings is 1. The summed E-state index contributed by atoms with van der Waals surface area (Å²) in [5, 5.41) is 4.51. The van der Waals surface area contributed by atoms with E-state index >= 15 is 0 Å². The van der Waals surface area contributed by atoms with E-state index in [-0.39, 0.29) is 18.8 Å². The molecule has 0 saturated heterocycles. The number of carbonyl (C=O) groups is 2. The molecule has 6 nitrogen and oxygen atoms in total. The topological polar surface area (TPSA) is 70.4 Å². The van der Waals surface area contributed by atoms with Crippen molar-refractivity contribution < 1.29 is 19.1 Å². The summed E-state index contributed by atoms with van der Waals surface area (Å²) in [7, 11) is 0. The fourth-order valence-electron chi connectivity index (χ4n) is 2.60. The van der Waals surface area contributed by atoms with Crippen molar-refractivity contribution in [2.75, 3.05) is 13.2 Å². The molecule has 132 valence electrons. The molecule has 25 heavy (non-hydrogen) atoms. The van der Waals surface area contributed by atoms with Gasteiger partial charge >= 0.3 is 11.9 Å². The van der Waals surface area contributed by atoms with E-state index in [1.54, 1.807) is 25.5 Å². The Hall–Kier alpha value is -2.89. The lowest BCUT2D eigenvalue weighted by atomic mass is 10.0. The number of aromatic nitrogens is 2. The van der Waals surface area contributed by atoms with Crippen LogP contribution in [-0.2, 0) is 19.1 Å². The zero-order valence-electron chi connectivity index (χ0n) is 14.9. The van der Waals surface area contributed by atoms with Gasteiger partial charge in [-0.25, -0.2) is 14.3 Å². The third-order valence-electron chi connectivity index (χ3n) is 3.61. The maximum Gasteiger partial charge on any atom is 0.339 e. The highest BCUT2D eigenvalue weighted by Crippen LogP contribution is 2.26. The lowest BCUT2D eigenvalue weighted by molar-refractivity contribution is -0.139. The number of carbonyl (C=O) groups excluding carboxylic acids is 2. The van der Waals surface area contributed by atoms with Gasteiger partial charge in [-0.15, -0.1) is 0 Å². The summed E-state index contributed by atoms with van der Waals surface area (Å²) in [6, 6.07) is 9.57.